The number of rotatable bonds is 5. The molecule has 0 aliphatic carbocycles. The van der Waals surface area contributed by atoms with Crippen LogP contribution < -0.4 is 16.0 Å². The zero-order chi connectivity index (χ0) is 13.8. The Kier molecular flexibility index (Phi) is 4.99. The second-order valence-corrected chi connectivity index (χ2v) is 6.20. The molecule has 0 amide bonds. The molecule has 2 aromatic rings. The van der Waals surface area contributed by atoms with E-state index in [2.05, 4.69) is 44.9 Å². The number of ether oxygens (including phenoxy) is 1. The zero-order valence-electron chi connectivity index (χ0n) is 10.9. The Morgan fingerprint density at radius 1 is 1.42 bits per heavy atom. The molecule has 0 radical (unpaired) electrons. The molecule has 2 rings (SSSR count). The van der Waals surface area contributed by atoms with E-state index in [1.165, 1.54) is 10.4 Å². The summed E-state index contributed by atoms with van der Waals surface area (Å²) in [5.41, 5.74) is 5.18. The highest BCUT2D eigenvalue weighted by Crippen LogP contribution is 2.29. The molecule has 0 saturated carbocycles. The SMILES string of the molecule is COc1ccc(C(Cc2sccc2Br)NN)cc1C. The van der Waals surface area contributed by atoms with E-state index in [-0.39, 0.29) is 6.04 Å². The molecule has 0 spiro atoms. The second kappa shape index (κ2) is 6.52. The van der Waals surface area contributed by atoms with Crippen molar-refractivity contribution in [3.05, 3.63) is 50.1 Å². The van der Waals surface area contributed by atoms with Gasteiger partial charge in [-0.15, -0.1) is 11.3 Å². The highest BCUT2D eigenvalue weighted by atomic mass is 79.9. The predicted octanol–water partition coefficient (Wildman–Crippen LogP) is 3.57. The minimum absolute atomic E-state index is 0.0968. The summed E-state index contributed by atoms with van der Waals surface area (Å²) < 4.78 is 6.42. The van der Waals surface area contributed by atoms with E-state index in [9.17, 15) is 0 Å². The smallest absolute Gasteiger partial charge is 0.121 e. The van der Waals surface area contributed by atoms with Crippen LogP contribution in [-0.2, 0) is 6.42 Å². The first-order valence-electron chi connectivity index (χ1n) is 5.98. The van der Waals surface area contributed by atoms with Crippen molar-refractivity contribution in [1.29, 1.82) is 0 Å². The van der Waals surface area contributed by atoms with Crippen molar-refractivity contribution in [3.8, 4) is 5.75 Å². The molecule has 0 saturated heterocycles. The molecule has 102 valence electrons. The summed E-state index contributed by atoms with van der Waals surface area (Å²) >= 11 is 5.29. The average molecular weight is 341 g/mol. The molecule has 1 aromatic heterocycles. The molecule has 0 aliphatic rings. The molecule has 3 N–H and O–H groups in total. The quantitative estimate of drug-likeness (QED) is 0.646. The van der Waals surface area contributed by atoms with E-state index >= 15 is 0 Å². The number of benzene rings is 1. The lowest BCUT2D eigenvalue weighted by molar-refractivity contribution is 0.411. The van der Waals surface area contributed by atoms with E-state index in [0.29, 0.717) is 0 Å². The van der Waals surface area contributed by atoms with Crippen LogP contribution in [0.1, 0.15) is 22.0 Å². The van der Waals surface area contributed by atoms with Crippen LogP contribution in [0.5, 0.6) is 5.75 Å². The van der Waals surface area contributed by atoms with Gasteiger partial charge in [0.25, 0.3) is 0 Å². The summed E-state index contributed by atoms with van der Waals surface area (Å²) in [6.07, 6.45) is 0.862. The normalized spacial score (nSPS) is 12.4. The Morgan fingerprint density at radius 3 is 2.74 bits per heavy atom. The van der Waals surface area contributed by atoms with Crippen LogP contribution in [0.25, 0.3) is 0 Å². The van der Waals surface area contributed by atoms with Crippen molar-refractivity contribution in [3.63, 3.8) is 0 Å². The van der Waals surface area contributed by atoms with Crippen molar-refractivity contribution in [2.24, 2.45) is 5.84 Å². The minimum Gasteiger partial charge on any atom is -0.496 e. The standard InChI is InChI=1S/C14H17BrN2OS/c1-9-7-10(3-4-13(9)18-2)12(17-16)8-14-11(15)5-6-19-14/h3-7,12,17H,8,16H2,1-2H3. The molecule has 1 atom stereocenters. The van der Waals surface area contributed by atoms with E-state index < -0.39 is 0 Å². The minimum atomic E-state index is 0.0968. The number of halogens is 1. The summed E-state index contributed by atoms with van der Waals surface area (Å²) in [5, 5.41) is 2.08. The van der Waals surface area contributed by atoms with Crippen molar-refractivity contribution < 1.29 is 4.74 Å². The summed E-state index contributed by atoms with van der Waals surface area (Å²) in [6, 6.07) is 8.31. The fraction of sp³-hybridized carbons (Fsp3) is 0.286. The van der Waals surface area contributed by atoms with E-state index in [4.69, 9.17) is 10.6 Å². The van der Waals surface area contributed by atoms with Crippen LogP contribution in [0, 0.1) is 6.92 Å². The zero-order valence-corrected chi connectivity index (χ0v) is 13.3. The van der Waals surface area contributed by atoms with Gasteiger partial charge >= 0.3 is 0 Å². The van der Waals surface area contributed by atoms with Crippen LogP contribution in [0.3, 0.4) is 0 Å². The maximum Gasteiger partial charge on any atom is 0.121 e. The predicted molar refractivity (Wildman–Crippen MR) is 83.5 cm³/mol. The lowest BCUT2D eigenvalue weighted by Crippen LogP contribution is -2.29. The fourth-order valence-corrected chi connectivity index (χ4v) is 3.61. The maximum atomic E-state index is 5.70. The van der Waals surface area contributed by atoms with Gasteiger partial charge in [0.15, 0.2) is 0 Å². The molecule has 1 unspecified atom stereocenters. The molecule has 0 aliphatic heterocycles. The lowest BCUT2D eigenvalue weighted by atomic mass is 10.0. The van der Waals surface area contributed by atoms with Crippen LogP contribution >= 0.6 is 27.3 Å². The highest BCUT2D eigenvalue weighted by molar-refractivity contribution is 9.10. The second-order valence-electron chi connectivity index (χ2n) is 4.34. The molecule has 5 heteroatoms. The molecule has 3 nitrogen and oxygen atoms in total. The van der Waals surface area contributed by atoms with Gasteiger partial charge < -0.3 is 4.74 Å². The van der Waals surface area contributed by atoms with Gasteiger partial charge in [0.2, 0.25) is 0 Å². The Morgan fingerprint density at radius 2 is 2.21 bits per heavy atom. The highest BCUT2D eigenvalue weighted by Gasteiger charge is 2.14. The number of aryl methyl sites for hydroxylation is 1. The third-order valence-corrected chi connectivity index (χ3v) is 5.05. The van der Waals surface area contributed by atoms with Gasteiger partial charge in [-0.1, -0.05) is 12.1 Å². The third-order valence-electron chi connectivity index (χ3n) is 3.10. The summed E-state index contributed by atoms with van der Waals surface area (Å²) in [4.78, 5) is 1.29. The number of nitrogens with one attached hydrogen (secondary N) is 1. The first-order valence-corrected chi connectivity index (χ1v) is 7.65. The van der Waals surface area contributed by atoms with E-state index in [0.717, 1.165) is 22.2 Å². The Bertz CT molecular complexity index is 556. The van der Waals surface area contributed by atoms with Gasteiger partial charge in [0.1, 0.15) is 5.75 Å². The Hall–Kier alpha value is -0.880. The molecule has 1 heterocycles. The number of methoxy groups -OCH3 is 1. The lowest BCUT2D eigenvalue weighted by Gasteiger charge is -2.17. The molecular weight excluding hydrogens is 324 g/mol. The number of hydrazine groups is 1. The Labute approximate surface area is 125 Å². The molecule has 0 bridgehead atoms. The van der Waals surface area contributed by atoms with Crippen LogP contribution in [-0.4, -0.2) is 7.11 Å². The third kappa shape index (κ3) is 3.36. The van der Waals surface area contributed by atoms with Gasteiger partial charge in [0.05, 0.1) is 13.2 Å². The van der Waals surface area contributed by atoms with Gasteiger partial charge in [-0.2, -0.15) is 0 Å². The summed E-state index contributed by atoms with van der Waals surface area (Å²) in [7, 11) is 1.68. The first kappa shape index (κ1) is 14.5. The van der Waals surface area contributed by atoms with Crippen molar-refractivity contribution in [2.75, 3.05) is 7.11 Å². The largest absolute Gasteiger partial charge is 0.496 e. The van der Waals surface area contributed by atoms with Gasteiger partial charge in [-0.05, 0) is 51.5 Å². The van der Waals surface area contributed by atoms with E-state index in [1.807, 2.05) is 13.0 Å². The number of hydrogen-bond donors (Lipinski definition) is 2. The maximum absolute atomic E-state index is 5.70. The van der Waals surface area contributed by atoms with Crippen LogP contribution in [0.4, 0.5) is 0 Å². The van der Waals surface area contributed by atoms with Crippen molar-refractivity contribution in [1.82, 2.24) is 5.43 Å². The molecule has 1 aromatic carbocycles. The topological polar surface area (TPSA) is 47.3 Å². The summed E-state index contributed by atoms with van der Waals surface area (Å²) in [5.74, 6) is 6.60. The van der Waals surface area contributed by atoms with Gasteiger partial charge in [-0.3, -0.25) is 11.3 Å². The molecular formula is C14H17BrN2OS. The first-order chi connectivity index (χ1) is 9.15. The number of hydrogen-bond acceptors (Lipinski definition) is 4. The Balaban J connectivity index is 2.22. The number of nitrogens with two attached hydrogens (primary N) is 1. The van der Waals surface area contributed by atoms with Crippen molar-refractivity contribution in [2.45, 2.75) is 19.4 Å². The fourth-order valence-electron chi connectivity index (χ4n) is 2.05. The van der Waals surface area contributed by atoms with Gasteiger partial charge in [0, 0.05) is 15.8 Å². The number of thiophene rings is 1. The van der Waals surface area contributed by atoms with Crippen molar-refractivity contribution >= 4 is 27.3 Å². The van der Waals surface area contributed by atoms with Gasteiger partial charge in [-0.25, -0.2) is 0 Å². The van der Waals surface area contributed by atoms with E-state index in [1.54, 1.807) is 18.4 Å². The van der Waals surface area contributed by atoms with Crippen LogP contribution in [0.2, 0.25) is 0 Å². The average Bonchev–Trinajstić information content (AvgIpc) is 2.81. The monoisotopic (exact) mass is 340 g/mol. The summed E-state index contributed by atoms with van der Waals surface area (Å²) in [6.45, 7) is 2.04. The molecule has 19 heavy (non-hydrogen) atoms. The van der Waals surface area contributed by atoms with Crippen LogP contribution in [0.15, 0.2) is 34.1 Å². The molecule has 0 fully saturated rings.